The van der Waals surface area contributed by atoms with Crippen LogP contribution in [0.25, 0.3) is 0 Å². The third kappa shape index (κ3) is 2.50. The van der Waals surface area contributed by atoms with E-state index in [2.05, 4.69) is 12.2 Å². The largest absolute Gasteiger partial charge is 0.423 e. The van der Waals surface area contributed by atoms with Gasteiger partial charge in [0.2, 0.25) is 11.8 Å². The van der Waals surface area contributed by atoms with Crippen LogP contribution in [0.2, 0.25) is 0 Å². The highest BCUT2D eigenvalue weighted by Crippen LogP contribution is 2.53. The van der Waals surface area contributed by atoms with Crippen molar-refractivity contribution in [3.05, 3.63) is 71.8 Å². The van der Waals surface area contributed by atoms with Crippen LogP contribution in [-0.4, -0.2) is 17.8 Å². The molecule has 2 aliphatic carbocycles. The van der Waals surface area contributed by atoms with Crippen molar-refractivity contribution in [2.45, 2.75) is 13.3 Å². The number of hydrogen-bond acceptors (Lipinski definition) is 4. The fraction of sp³-hybridized carbons (Fsp3) is 0.261. The smallest absolute Gasteiger partial charge is 0.343 e. The van der Waals surface area contributed by atoms with Gasteiger partial charge in [0.15, 0.2) is 0 Å². The highest BCUT2D eigenvalue weighted by Gasteiger charge is 2.59. The van der Waals surface area contributed by atoms with Gasteiger partial charge in [0, 0.05) is 0 Å². The van der Waals surface area contributed by atoms with E-state index in [0.29, 0.717) is 17.0 Å². The predicted octanol–water partition coefficient (Wildman–Crippen LogP) is 3.53. The summed E-state index contributed by atoms with van der Waals surface area (Å²) in [5.41, 5.74) is 1.72. The number of fused-ring (bicyclic) bond motifs is 5. The summed E-state index contributed by atoms with van der Waals surface area (Å²) >= 11 is 0. The number of aryl methyl sites for hydroxylation is 1. The van der Waals surface area contributed by atoms with Crippen molar-refractivity contribution in [3.8, 4) is 5.75 Å². The molecule has 5 nitrogen and oxygen atoms in total. The number of esters is 1. The molecule has 0 radical (unpaired) electrons. The van der Waals surface area contributed by atoms with Crippen molar-refractivity contribution >= 4 is 23.5 Å². The number of amides is 2. The van der Waals surface area contributed by atoms with E-state index in [4.69, 9.17) is 4.74 Å². The number of nitrogens with zero attached hydrogens (tertiary/aromatic N) is 1. The second kappa shape index (κ2) is 6.16. The lowest BCUT2D eigenvalue weighted by molar-refractivity contribution is -0.123. The summed E-state index contributed by atoms with van der Waals surface area (Å²) in [6, 6.07) is 13.8. The first-order valence-electron chi connectivity index (χ1n) is 9.48. The Bertz CT molecular complexity index is 1010. The average Bonchev–Trinajstić information content (AvgIpc) is 3.36. The molecule has 1 saturated carbocycles. The molecule has 0 spiro atoms. The normalized spacial score (nSPS) is 27.4. The van der Waals surface area contributed by atoms with Crippen LogP contribution in [0.1, 0.15) is 22.3 Å². The highest BCUT2D eigenvalue weighted by molar-refractivity contribution is 6.23. The van der Waals surface area contributed by atoms with Crippen molar-refractivity contribution < 1.29 is 19.1 Å². The molecule has 2 bridgehead atoms. The van der Waals surface area contributed by atoms with Crippen LogP contribution in [-0.2, 0) is 9.59 Å². The van der Waals surface area contributed by atoms with Gasteiger partial charge in [0.1, 0.15) is 5.75 Å². The summed E-state index contributed by atoms with van der Waals surface area (Å²) in [4.78, 5) is 39.7. The first kappa shape index (κ1) is 16.9. The number of anilines is 1. The Labute approximate surface area is 162 Å². The van der Waals surface area contributed by atoms with E-state index in [-0.39, 0.29) is 35.5 Å². The van der Waals surface area contributed by atoms with E-state index in [1.165, 1.54) is 4.90 Å². The van der Waals surface area contributed by atoms with Crippen LogP contribution < -0.4 is 9.64 Å². The van der Waals surface area contributed by atoms with E-state index >= 15 is 0 Å². The maximum absolute atomic E-state index is 13.0. The number of benzene rings is 2. The third-order valence-electron chi connectivity index (χ3n) is 6.01. The lowest BCUT2D eigenvalue weighted by Crippen LogP contribution is -2.33. The molecule has 5 rings (SSSR count). The average molecular weight is 373 g/mol. The Morgan fingerprint density at radius 2 is 1.64 bits per heavy atom. The Morgan fingerprint density at radius 1 is 0.964 bits per heavy atom. The maximum Gasteiger partial charge on any atom is 0.343 e. The van der Waals surface area contributed by atoms with Crippen LogP contribution >= 0.6 is 0 Å². The van der Waals surface area contributed by atoms with Gasteiger partial charge in [-0.25, -0.2) is 9.69 Å². The topological polar surface area (TPSA) is 63.7 Å². The first-order chi connectivity index (χ1) is 13.5. The number of allylic oxidation sites excluding steroid dienone is 2. The van der Waals surface area contributed by atoms with Crippen LogP contribution in [0.15, 0.2) is 60.7 Å². The van der Waals surface area contributed by atoms with E-state index in [1.807, 2.05) is 19.1 Å². The lowest BCUT2D eigenvalue weighted by Gasteiger charge is -2.18. The number of carbonyl (C=O) groups excluding carboxylic acids is 3. The summed E-state index contributed by atoms with van der Waals surface area (Å²) in [7, 11) is 0. The summed E-state index contributed by atoms with van der Waals surface area (Å²) in [6.45, 7) is 1.92. The third-order valence-corrected chi connectivity index (χ3v) is 6.01. The molecule has 1 saturated heterocycles. The molecule has 28 heavy (non-hydrogen) atoms. The molecule has 0 N–H and O–H groups in total. The van der Waals surface area contributed by atoms with Crippen molar-refractivity contribution in [2.75, 3.05) is 4.90 Å². The molecule has 2 fully saturated rings. The minimum atomic E-state index is -0.520. The van der Waals surface area contributed by atoms with Crippen molar-refractivity contribution in [1.82, 2.24) is 0 Å². The van der Waals surface area contributed by atoms with Crippen LogP contribution in [0.5, 0.6) is 5.75 Å². The quantitative estimate of drug-likeness (QED) is 0.357. The molecule has 3 aliphatic rings. The van der Waals surface area contributed by atoms with Crippen LogP contribution in [0.4, 0.5) is 5.69 Å². The molecule has 140 valence electrons. The monoisotopic (exact) mass is 373 g/mol. The summed E-state index contributed by atoms with van der Waals surface area (Å²) < 4.78 is 5.43. The summed E-state index contributed by atoms with van der Waals surface area (Å²) in [5.74, 6) is -0.575. The standard InChI is InChI=1S/C23H19NO4/c1-13-4-2-7-18(10-13)28-23(27)16-5-3-6-17(12-16)24-21(25)19-14-8-9-15(11-14)20(19)22(24)26/h2-10,12,14-15,19-20H,11H2,1H3/t14-,15-,19-,20-/m0/s1. The molecule has 2 aromatic carbocycles. The van der Waals surface area contributed by atoms with E-state index in [1.54, 1.807) is 36.4 Å². The number of carbonyl (C=O) groups is 3. The van der Waals surface area contributed by atoms with Crippen molar-refractivity contribution in [3.63, 3.8) is 0 Å². The zero-order chi connectivity index (χ0) is 19.4. The number of ether oxygens (including phenoxy) is 1. The van der Waals surface area contributed by atoms with Crippen LogP contribution in [0, 0.1) is 30.6 Å². The molecule has 4 atom stereocenters. The Hall–Kier alpha value is -3.21. The fourth-order valence-corrected chi connectivity index (χ4v) is 4.77. The SMILES string of the molecule is Cc1cccc(OC(=O)c2cccc(N3C(=O)[C@@H]4[C@@H](C3=O)[C@H]3C=C[C@H]4C3)c2)c1. The van der Waals surface area contributed by atoms with Gasteiger partial charge >= 0.3 is 5.97 Å². The van der Waals surface area contributed by atoms with Gasteiger partial charge in [0.05, 0.1) is 23.1 Å². The molecule has 1 aliphatic heterocycles. The first-order valence-corrected chi connectivity index (χ1v) is 9.48. The number of imide groups is 1. The number of rotatable bonds is 3. The minimum Gasteiger partial charge on any atom is -0.423 e. The second-order valence-electron chi connectivity index (χ2n) is 7.77. The zero-order valence-corrected chi connectivity index (χ0v) is 15.4. The highest BCUT2D eigenvalue weighted by atomic mass is 16.5. The Balaban J connectivity index is 1.41. The van der Waals surface area contributed by atoms with Gasteiger partial charge in [-0.2, -0.15) is 0 Å². The van der Waals surface area contributed by atoms with Crippen LogP contribution in [0.3, 0.4) is 0 Å². The predicted molar refractivity (Wildman–Crippen MR) is 103 cm³/mol. The Morgan fingerprint density at radius 3 is 2.32 bits per heavy atom. The van der Waals surface area contributed by atoms with Crippen molar-refractivity contribution in [2.24, 2.45) is 23.7 Å². The molecule has 0 unspecified atom stereocenters. The van der Waals surface area contributed by atoms with E-state index in [9.17, 15) is 14.4 Å². The lowest BCUT2D eigenvalue weighted by atomic mass is 9.85. The number of hydrogen-bond donors (Lipinski definition) is 0. The molecule has 5 heteroatoms. The fourth-order valence-electron chi connectivity index (χ4n) is 4.77. The van der Waals surface area contributed by atoms with Gasteiger partial charge in [-0.3, -0.25) is 9.59 Å². The van der Waals surface area contributed by atoms with E-state index < -0.39 is 5.97 Å². The molecule has 2 amide bonds. The van der Waals surface area contributed by atoms with Gasteiger partial charge in [-0.05, 0) is 61.1 Å². The van der Waals surface area contributed by atoms with Crippen molar-refractivity contribution in [1.29, 1.82) is 0 Å². The van der Waals surface area contributed by atoms with Gasteiger partial charge in [0.25, 0.3) is 0 Å². The molecule has 1 heterocycles. The molecule has 2 aromatic rings. The second-order valence-corrected chi connectivity index (χ2v) is 7.77. The minimum absolute atomic E-state index is 0.156. The zero-order valence-electron chi connectivity index (χ0n) is 15.4. The van der Waals surface area contributed by atoms with Gasteiger partial charge < -0.3 is 4.74 Å². The molecular weight excluding hydrogens is 354 g/mol. The van der Waals surface area contributed by atoms with Gasteiger partial charge in [-0.1, -0.05) is 30.4 Å². The summed E-state index contributed by atoms with van der Waals surface area (Å²) in [5, 5.41) is 0. The van der Waals surface area contributed by atoms with E-state index in [0.717, 1.165) is 12.0 Å². The summed E-state index contributed by atoms with van der Waals surface area (Å²) in [6.07, 6.45) is 5.02. The maximum atomic E-state index is 13.0. The molecular formula is C23H19NO4. The molecule has 0 aromatic heterocycles. The Kier molecular flexibility index (Phi) is 3.72. The van der Waals surface area contributed by atoms with Gasteiger partial charge in [-0.15, -0.1) is 0 Å².